The van der Waals surface area contributed by atoms with E-state index < -0.39 is 24.1 Å². The van der Waals surface area contributed by atoms with E-state index in [-0.39, 0.29) is 12.2 Å². The first-order valence-electron chi connectivity index (χ1n) is 7.68. The Balaban J connectivity index is 1.62. The van der Waals surface area contributed by atoms with Crippen molar-refractivity contribution in [1.82, 2.24) is 5.32 Å². The predicted octanol–water partition coefficient (Wildman–Crippen LogP) is 1.18. The van der Waals surface area contributed by atoms with Gasteiger partial charge in [0, 0.05) is 18.7 Å². The van der Waals surface area contributed by atoms with Crippen molar-refractivity contribution in [3.63, 3.8) is 0 Å². The average Bonchev–Trinajstić information content (AvgIpc) is 2.95. The van der Waals surface area contributed by atoms with E-state index in [0.717, 1.165) is 5.56 Å². The van der Waals surface area contributed by atoms with E-state index in [4.69, 9.17) is 4.65 Å². The molecule has 0 radical (unpaired) electrons. The highest BCUT2D eigenvalue weighted by Crippen LogP contribution is 2.22. The zero-order chi connectivity index (χ0) is 17.8. The lowest BCUT2D eigenvalue weighted by atomic mass is 9.79. The van der Waals surface area contributed by atoms with E-state index in [0.29, 0.717) is 11.0 Å². The van der Waals surface area contributed by atoms with Gasteiger partial charge in [-0.25, -0.2) is 0 Å². The second kappa shape index (κ2) is 7.29. The van der Waals surface area contributed by atoms with Gasteiger partial charge in [0.1, 0.15) is 0 Å². The first-order valence-corrected chi connectivity index (χ1v) is 7.68. The van der Waals surface area contributed by atoms with Crippen LogP contribution in [-0.2, 0) is 9.45 Å². The number of nitrogens with zero attached hydrogens (tertiary/aromatic N) is 1. The number of rotatable bonds is 5. The molecule has 0 aliphatic carbocycles. The second-order valence-corrected chi connectivity index (χ2v) is 5.50. The van der Waals surface area contributed by atoms with Crippen molar-refractivity contribution < 1.29 is 19.4 Å². The van der Waals surface area contributed by atoms with Gasteiger partial charge in [0.25, 0.3) is 5.69 Å². The number of hydrogen-bond acceptors (Lipinski definition) is 5. The lowest BCUT2D eigenvalue weighted by Gasteiger charge is -2.12. The summed E-state index contributed by atoms with van der Waals surface area (Å²) in [6.07, 6.45) is 2.19. The molecule has 1 unspecified atom stereocenters. The molecule has 0 saturated heterocycles. The zero-order valence-electron chi connectivity index (χ0n) is 13.2. The fourth-order valence-corrected chi connectivity index (χ4v) is 2.70. The summed E-state index contributed by atoms with van der Waals surface area (Å²) in [5.74, 6) is -0.402. The van der Waals surface area contributed by atoms with Gasteiger partial charge >= 0.3 is 7.12 Å². The third kappa shape index (κ3) is 3.76. The summed E-state index contributed by atoms with van der Waals surface area (Å²) in [6, 6.07) is 13.4. The number of carbonyl (C=O) groups excluding carboxylic acids is 1. The van der Waals surface area contributed by atoms with Gasteiger partial charge in [-0.3, -0.25) is 14.9 Å². The van der Waals surface area contributed by atoms with E-state index in [2.05, 4.69) is 5.32 Å². The van der Waals surface area contributed by atoms with E-state index >= 15 is 0 Å². The Morgan fingerprint density at radius 1 is 1.28 bits per heavy atom. The van der Waals surface area contributed by atoms with Crippen LogP contribution in [0, 0.1) is 10.1 Å². The van der Waals surface area contributed by atoms with Crippen molar-refractivity contribution >= 4 is 30.3 Å². The van der Waals surface area contributed by atoms with Gasteiger partial charge in [0.2, 0.25) is 5.91 Å². The van der Waals surface area contributed by atoms with Gasteiger partial charge in [-0.2, -0.15) is 0 Å². The number of nitrogens with one attached hydrogen (secondary N) is 1. The highest BCUT2D eigenvalue weighted by molar-refractivity contribution is 6.61. The van der Waals surface area contributed by atoms with Crippen molar-refractivity contribution in [2.24, 2.45) is 0 Å². The molecule has 0 aromatic heterocycles. The number of para-hydroxylation sites is 1. The molecule has 7 nitrogen and oxygen atoms in total. The molecular weight excluding hydrogens is 323 g/mol. The maximum Gasteiger partial charge on any atom is 0.492 e. The Labute approximate surface area is 144 Å². The van der Waals surface area contributed by atoms with Crippen LogP contribution in [0.1, 0.15) is 17.2 Å². The smallest absolute Gasteiger partial charge is 0.423 e. The monoisotopic (exact) mass is 338 g/mol. The third-order valence-electron chi connectivity index (χ3n) is 3.91. The molecule has 25 heavy (non-hydrogen) atoms. The Kier molecular flexibility index (Phi) is 4.92. The molecule has 0 saturated carbocycles. The van der Waals surface area contributed by atoms with Crippen LogP contribution in [0.3, 0.4) is 0 Å². The summed E-state index contributed by atoms with van der Waals surface area (Å²) >= 11 is 0. The van der Waals surface area contributed by atoms with Gasteiger partial charge < -0.3 is 15.0 Å². The van der Waals surface area contributed by atoms with Gasteiger partial charge in [-0.05, 0) is 23.2 Å². The number of nitro groups is 1. The van der Waals surface area contributed by atoms with Crippen molar-refractivity contribution in [2.75, 3.05) is 6.54 Å². The Hall–Kier alpha value is -2.97. The fourth-order valence-electron chi connectivity index (χ4n) is 2.70. The van der Waals surface area contributed by atoms with Crippen LogP contribution in [0.15, 0.2) is 54.6 Å². The minimum atomic E-state index is -0.999. The molecule has 2 N–H and O–H groups in total. The molecule has 1 aliphatic heterocycles. The molecule has 0 bridgehead atoms. The molecular formula is C17H15BN2O5. The van der Waals surface area contributed by atoms with Gasteiger partial charge in [0.05, 0.1) is 16.6 Å². The van der Waals surface area contributed by atoms with Crippen LogP contribution in [0.4, 0.5) is 5.69 Å². The quantitative estimate of drug-likeness (QED) is 0.369. The van der Waals surface area contributed by atoms with Gasteiger partial charge in [-0.1, -0.05) is 36.4 Å². The summed E-state index contributed by atoms with van der Waals surface area (Å²) in [7, 11) is -0.999. The fraction of sp³-hybridized carbons (Fsp3) is 0.118. The first-order chi connectivity index (χ1) is 12.1. The van der Waals surface area contributed by atoms with E-state index in [1.54, 1.807) is 24.3 Å². The molecule has 1 aliphatic rings. The van der Waals surface area contributed by atoms with Crippen LogP contribution in [0.5, 0.6) is 0 Å². The van der Waals surface area contributed by atoms with Crippen molar-refractivity contribution in [3.05, 3.63) is 75.8 Å². The van der Waals surface area contributed by atoms with Gasteiger partial charge in [0.15, 0.2) is 0 Å². The lowest BCUT2D eigenvalue weighted by Crippen LogP contribution is -2.29. The average molecular weight is 338 g/mol. The number of carbonyl (C=O) groups is 1. The van der Waals surface area contributed by atoms with Crippen LogP contribution in [0.2, 0.25) is 0 Å². The SMILES string of the molecule is O=C(/C=C/c1ccccc1[N+](=O)[O-])NCC1OB(O)c2ccccc21. The maximum atomic E-state index is 12.0. The number of hydrogen-bond donors (Lipinski definition) is 2. The highest BCUT2D eigenvalue weighted by atomic mass is 16.6. The van der Waals surface area contributed by atoms with E-state index in [1.165, 1.54) is 18.2 Å². The molecule has 126 valence electrons. The van der Waals surface area contributed by atoms with Gasteiger partial charge in [-0.15, -0.1) is 0 Å². The lowest BCUT2D eigenvalue weighted by molar-refractivity contribution is -0.385. The number of fused-ring (bicyclic) bond motifs is 1. The van der Waals surface area contributed by atoms with Crippen LogP contribution in [-0.4, -0.2) is 29.5 Å². The van der Waals surface area contributed by atoms with Crippen LogP contribution >= 0.6 is 0 Å². The summed E-state index contributed by atoms with van der Waals surface area (Å²) in [4.78, 5) is 22.4. The Morgan fingerprint density at radius 3 is 2.80 bits per heavy atom. The van der Waals surface area contributed by atoms with Crippen molar-refractivity contribution in [2.45, 2.75) is 6.10 Å². The van der Waals surface area contributed by atoms with Crippen LogP contribution in [0.25, 0.3) is 6.08 Å². The van der Waals surface area contributed by atoms with E-state index in [9.17, 15) is 19.9 Å². The normalized spacial score (nSPS) is 16.0. The predicted molar refractivity (Wildman–Crippen MR) is 93.0 cm³/mol. The summed E-state index contributed by atoms with van der Waals surface area (Å²) in [5, 5.41) is 23.5. The molecule has 3 rings (SSSR count). The zero-order valence-corrected chi connectivity index (χ0v) is 13.2. The molecule has 1 atom stereocenters. The molecule has 1 amide bonds. The topological polar surface area (TPSA) is 102 Å². The Bertz CT molecular complexity index is 839. The third-order valence-corrected chi connectivity index (χ3v) is 3.91. The second-order valence-electron chi connectivity index (χ2n) is 5.50. The molecule has 2 aromatic carbocycles. The number of nitro benzene ring substituents is 1. The molecule has 0 spiro atoms. The largest absolute Gasteiger partial charge is 0.492 e. The first kappa shape index (κ1) is 16.9. The van der Waals surface area contributed by atoms with E-state index in [1.807, 2.05) is 18.2 Å². The summed E-state index contributed by atoms with van der Waals surface area (Å²) in [5.41, 5.74) is 1.80. The van der Waals surface area contributed by atoms with Crippen molar-refractivity contribution in [3.8, 4) is 0 Å². The standard InChI is InChI=1S/C17H15BN2O5/c21-17(10-9-12-5-1-4-8-15(12)20(23)24)19-11-16-13-6-2-3-7-14(13)18(22)25-16/h1-10,16,22H,11H2,(H,19,21)/b10-9+. The number of amides is 1. The number of benzene rings is 2. The summed E-state index contributed by atoms with van der Waals surface area (Å²) < 4.78 is 5.42. The molecule has 2 aromatic rings. The highest BCUT2D eigenvalue weighted by Gasteiger charge is 2.34. The van der Waals surface area contributed by atoms with Crippen molar-refractivity contribution in [1.29, 1.82) is 0 Å². The minimum absolute atomic E-state index is 0.0669. The van der Waals surface area contributed by atoms with Crippen LogP contribution < -0.4 is 10.8 Å². The minimum Gasteiger partial charge on any atom is -0.423 e. The molecule has 8 heteroatoms. The Morgan fingerprint density at radius 2 is 2.00 bits per heavy atom. The molecule has 1 heterocycles. The summed E-state index contributed by atoms with van der Waals surface area (Å²) in [6.45, 7) is 0.189. The maximum absolute atomic E-state index is 12.0. The molecule has 0 fully saturated rings.